The molecule has 8 rings (SSSR count). The molecule has 0 spiro atoms. The van der Waals surface area contributed by atoms with E-state index in [4.69, 9.17) is 9.97 Å². The molecule has 0 radical (unpaired) electrons. The Morgan fingerprint density at radius 2 is 1.14 bits per heavy atom. The molecule has 0 fully saturated rings. The van der Waals surface area contributed by atoms with Gasteiger partial charge >= 0.3 is 0 Å². The maximum Gasteiger partial charge on any atom is 0.160 e. The second-order valence-electron chi connectivity index (χ2n) is 11.5. The molecular weight excluding hydrogens is 510 g/mol. The molecule has 2 heterocycles. The molecule has 3 nitrogen and oxygen atoms in total. The van der Waals surface area contributed by atoms with Crippen molar-refractivity contribution < 1.29 is 0 Å². The third-order valence-corrected chi connectivity index (χ3v) is 8.57. The van der Waals surface area contributed by atoms with Gasteiger partial charge in [-0.25, -0.2) is 9.97 Å². The number of fused-ring (bicyclic) bond motifs is 5. The average molecular weight is 540 g/mol. The number of nitrogens with zero attached hydrogens (tertiary/aromatic N) is 3. The first-order valence-corrected chi connectivity index (χ1v) is 14.4. The van der Waals surface area contributed by atoms with E-state index in [1.54, 1.807) is 0 Å². The van der Waals surface area contributed by atoms with Crippen LogP contribution in [0.2, 0.25) is 0 Å². The van der Waals surface area contributed by atoms with Crippen molar-refractivity contribution in [3.63, 3.8) is 0 Å². The first kappa shape index (κ1) is 24.5. The van der Waals surface area contributed by atoms with Gasteiger partial charge in [-0.1, -0.05) is 123 Å². The highest BCUT2D eigenvalue weighted by Gasteiger charge is 2.40. The molecule has 200 valence electrons. The van der Waals surface area contributed by atoms with Crippen LogP contribution in [0.4, 0.5) is 0 Å². The molecule has 1 aliphatic carbocycles. The molecule has 0 amide bonds. The van der Waals surface area contributed by atoms with Gasteiger partial charge in [0.05, 0.1) is 16.9 Å². The SMILES string of the molecule is CC1(C)c2ccccc2-c2c1n(-c1ccccc1)c1ccc(-c3cc(-c4ccccc4)nc(-c4ccccc4)n3)cc21. The molecule has 3 heteroatoms. The molecule has 1 aliphatic rings. The highest BCUT2D eigenvalue weighted by Crippen LogP contribution is 2.53. The van der Waals surface area contributed by atoms with Gasteiger partial charge in [-0.2, -0.15) is 0 Å². The van der Waals surface area contributed by atoms with Crippen LogP contribution in [-0.4, -0.2) is 14.5 Å². The molecule has 0 saturated heterocycles. The van der Waals surface area contributed by atoms with E-state index in [1.807, 2.05) is 24.3 Å². The molecule has 0 saturated carbocycles. The van der Waals surface area contributed by atoms with Gasteiger partial charge in [0.2, 0.25) is 0 Å². The predicted octanol–water partition coefficient (Wildman–Crippen LogP) is 9.73. The van der Waals surface area contributed by atoms with Crippen LogP contribution in [0.5, 0.6) is 0 Å². The van der Waals surface area contributed by atoms with E-state index >= 15 is 0 Å². The summed E-state index contributed by atoms with van der Waals surface area (Å²) in [6.45, 7) is 4.69. The highest BCUT2D eigenvalue weighted by molar-refractivity contribution is 6.05. The van der Waals surface area contributed by atoms with Crippen LogP contribution in [0.3, 0.4) is 0 Å². The van der Waals surface area contributed by atoms with Crippen LogP contribution in [-0.2, 0) is 5.41 Å². The van der Waals surface area contributed by atoms with Crippen molar-refractivity contribution in [1.29, 1.82) is 0 Å². The smallest absolute Gasteiger partial charge is 0.160 e. The average Bonchev–Trinajstić information content (AvgIpc) is 3.52. The Kier molecular flexibility index (Phi) is 5.48. The zero-order valence-corrected chi connectivity index (χ0v) is 23.6. The molecule has 0 N–H and O–H groups in total. The molecule has 0 aliphatic heterocycles. The van der Waals surface area contributed by atoms with E-state index in [0.717, 1.165) is 33.9 Å². The van der Waals surface area contributed by atoms with Crippen LogP contribution in [0, 0.1) is 0 Å². The molecule has 2 aromatic heterocycles. The van der Waals surface area contributed by atoms with Crippen molar-refractivity contribution in [3.8, 4) is 50.7 Å². The predicted molar refractivity (Wildman–Crippen MR) is 173 cm³/mol. The van der Waals surface area contributed by atoms with Gasteiger partial charge in [0.25, 0.3) is 0 Å². The first-order valence-electron chi connectivity index (χ1n) is 14.4. The van der Waals surface area contributed by atoms with Crippen LogP contribution >= 0.6 is 0 Å². The van der Waals surface area contributed by atoms with E-state index in [9.17, 15) is 0 Å². The lowest BCUT2D eigenvalue weighted by molar-refractivity contribution is 0.624. The van der Waals surface area contributed by atoms with Crippen LogP contribution in [0.25, 0.3) is 61.6 Å². The van der Waals surface area contributed by atoms with Crippen LogP contribution in [0.1, 0.15) is 25.1 Å². The Morgan fingerprint density at radius 3 is 1.86 bits per heavy atom. The molecule has 42 heavy (non-hydrogen) atoms. The van der Waals surface area contributed by atoms with Gasteiger partial charge in [0, 0.05) is 44.4 Å². The largest absolute Gasteiger partial charge is 0.312 e. The quantitative estimate of drug-likeness (QED) is 0.223. The Labute approximate surface area is 245 Å². The second kappa shape index (κ2) is 9.39. The fraction of sp³-hybridized carbons (Fsp3) is 0.0769. The Morgan fingerprint density at radius 1 is 0.548 bits per heavy atom. The molecule has 5 aromatic carbocycles. The Hall–Kier alpha value is -5.28. The highest BCUT2D eigenvalue weighted by atomic mass is 15.0. The number of aromatic nitrogens is 3. The number of para-hydroxylation sites is 1. The van der Waals surface area contributed by atoms with Crippen molar-refractivity contribution in [3.05, 3.63) is 151 Å². The summed E-state index contributed by atoms with van der Waals surface area (Å²) in [5, 5.41) is 1.24. The van der Waals surface area contributed by atoms with E-state index in [1.165, 1.54) is 39.0 Å². The molecule has 0 unspecified atom stereocenters. The Bertz CT molecular complexity index is 2030. The van der Waals surface area contributed by atoms with Crippen molar-refractivity contribution in [2.24, 2.45) is 0 Å². The molecule has 7 aromatic rings. The monoisotopic (exact) mass is 539 g/mol. The molecule has 0 atom stereocenters. The van der Waals surface area contributed by atoms with E-state index in [0.29, 0.717) is 0 Å². The molecular formula is C39H29N3. The molecule has 0 bridgehead atoms. The minimum absolute atomic E-state index is 0.142. The summed E-state index contributed by atoms with van der Waals surface area (Å²) in [4.78, 5) is 10.1. The number of benzene rings is 5. The van der Waals surface area contributed by atoms with Crippen LogP contribution < -0.4 is 0 Å². The summed E-state index contributed by atoms with van der Waals surface area (Å²) in [5.41, 5.74) is 12.6. The zero-order chi connectivity index (χ0) is 28.3. The number of rotatable bonds is 4. The van der Waals surface area contributed by atoms with E-state index in [-0.39, 0.29) is 5.41 Å². The maximum atomic E-state index is 5.12. The lowest BCUT2D eigenvalue weighted by atomic mass is 9.85. The van der Waals surface area contributed by atoms with Crippen molar-refractivity contribution in [2.75, 3.05) is 0 Å². The summed E-state index contributed by atoms with van der Waals surface area (Å²) in [7, 11) is 0. The van der Waals surface area contributed by atoms with Crippen molar-refractivity contribution in [2.45, 2.75) is 19.3 Å². The van der Waals surface area contributed by atoms with E-state index in [2.05, 4.69) is 134 Å². The summed E-state index contributed by atoms with van der Waals surface area (Å²) >= 11 is 0. The fourth-order valence-corrected chi connectivity index (χ4v) is 6.60. The third kappa shape index (κ3) is 3.74. The van der Waals surface area contributed by atoms with Gasteiger partial charge in [0.15, 0.2) is 5.82 Å². The van der Waals surface area contributed by atoms with Crippen molar-refractivity contribution in [1.82, 2.24) is 14.5 Å². The van der Waals surface area contributed by atoms with Gasteiger partial charge in [0.1, 0.15) is 0 Å². The Balaban J connectivity index is 1.40. The van der Waals surface area contributed by atoms with Crippen LogP contribution in [0.15, 0.2) is 140 Å². The van der Waals surface area contributed by atoms with Gasteiger partial charge in [-0.15, -0.1) is 0 Å². The van der Waals surface area contributed by atoms with Gasteiger partial charge in [-0.05, 0) is 41.5 Å². The standard InChI is InChI=1S/C39H29N3/c1-39(2)32-21-13-12-20-30(32)36-31-24-28(22-23-35(31)42(37(36)39)29-18-10-5-11-19-29)34-25-33(26-14-6-3-7-15-26)40-38(41-34)27-16-8-4-9-17-27/h3-25H,1-2H3. The lowest BCUT2D eigenvalue weighted by Gasteiger charge is -2.24. The summed E-state index contributed by atoms with van der Waals surface area (Å²) in [5.74, 6) is 0.727. The number of hydrogen-bond acceptors (Lipinski definition) is 2. The summed E-state index contributed by atoms with van der Waals surface area (Å²) < 4.78 is 2.46. The minimum Gasteiger partial charge on any atom is -0.312 e. The second-order valence-corrected chi connectivity index (χ2v) is 11.5. The van der Waals surface area contributed by atoms with Crippen molar-refractivity contribution >= 4 is 10.9 Å². The maximum absolute atomic E-state index is 5.12. The fourth-order valence-electron chi connectivity index (χ4n) is 6.60. The zero-order valence-electron chi connectivity index (χ0n) is 23.6. The van der Waals surface area contributed by atoms with E-state index < -0.39 is 0 Å². The topological polar surface area (TPSA) is 30.7 Å². The third-order valence-electron chi connectivity index (χ3n) is 8.57. The lowest BCUT2D eigenvalue weighted by Crippen LogP contribution is -2.19. The summed E-state index contributed by atoms with van der Waals surface area (Å²) in [6.07, 6.45) is 0. The minimum atomic E-state index is -0.142. The van der Waals surface area contributed by atoms with Gasteiger partial charge < -0.3 is 4.57 Å². The first-order chi connectivity index (χ1) is 20.6. The summed E-state index contributed by atoms with van der Waals surface area (Å²) in [6, 6.07) is 49.1. The van der Waals surface area contributed by atoms with Gasteiger partial charge in [-0.3, -0.25) is 0 Å². The normalized spacial score (nSPS) is 13.2. The number of hydrogen-bond donors (Lipinski definition) is 0.